The van der Waals surface area contributed by atoms with Crippen LogP contribution >= 0.6 is 9.03 Å². The summed E-state index contributed by atoms with van der Waals surface area (Å²) in [4.78, 5) is 25.5. The standard InChI is InChI=1S/C27H34N2O7.C14H15O2P.CH4O/c1-5-19(16-30)34-24(29-15-14-18-10-6-9-13-22(18)29)23(17-31)35-25(32)20-11-7-8-12-21(20)28-26(33)36-27(2,3)4;1-3-7-13(8-4-1)11-15-17-16-12-14-9-5-2-6-10-14;1-2/h6-15,19,23-24,30-31H,5,16-17H2,1-4H3,(H,28,33);1-10,17H,11-12H2;2H,1H3/t19?,23-,24?;;/m0../s1. The van der Waals surface area contributed by atoms with Crippen LogP contribution < -0.4 is 5.32 Å². The van der Waals surface area contributed by atoms with Crippen LogP contribution in [-0.2, 0) is 36.5 Å². The molecule has 12 nitrogen and oxygen atoms in total. The second kappa shape index (κ2) is 24.0. The molecule has 3 atom stereocenters. The van der Waals surface area contributed by atoms with Gasteiger partial charge in [0.25, 0.3) is 0 Å². The minimum Gasteiger partial charge on any atom is -0.451 e. The second-order valence-electron chi connectivity index (χ2n) is 13.0. The summed E-state index contributed by atoms with van der Waals surface area (Å²) in [6.07, 6.45) is -0.972. The van der Waals surface area contributed by atoms with Crippen molar-refractivity contribution in [2.75, 3.05) is 25.6 Å². The molecule has 0 saturated carbocycles. The molecule has 0 bridgehead atoms. The van der Waals surface area contributed by atoms with Gasteiger partial charge in [0.15, 0.2) is 21.4 Å². The first kappa shape index (κ1) is 44.7. The Morgan fingerprint density at radius 2 is 1.33 bits per heavy atom. The van der Waals surface area contributed by atoms with Crippen molar-refractivity contribution in [2.45, 2.75) is 71.4 Å². The highest BCUT2D eigenvalue weighted by molar-refractivity contribution is 7.26. The number of hydrogen-bond acceptors (Lipinski definition) is 10. The Bertz CT molecular complexity index is 1790. The van der Waals surface area contributed by atoms with Crippen LogP contribution in [0.1, 0.15) is 61.8 Å². The molecule has 0 aliphatic rings. The third kappa shape index (κ3) is 15.2. The van der Waals surface area contributed by atoms with Crippen LogP contribution in [0.4, 0.5) is 10.5 Å². The van der Waals surface area contributed by atoms with Crippen LogP contribution in [0.25, 0.3) is 10.9 Å². The number of nitrogens with one attached hydrogen (secondary N) is 1. The van der Waals surface area contributed by atoms with Crippen molar-refractivity contribution in [3.8, 4) is 0 Å². The van der Waals surface area contributed by atoms with Gasteiger partial charge in [-0.25, -0.2) is 9.59 Å². The average Bonchev–Trinajstić information content (AvgIpc) is 3.63. The molecule has 296 valence electrons. The van der Waals surface area contributed by atoms with E-state index in [1.807, 2.05) is 97.9 Å². The van der Waals surface area contributed by atoms with E-state index in [1.165, 1.54) is 17.2 Å². The number of aromatic nitrogens is 1. The topological polar surface area (TPSA) is 158 Å². The summed E-state index contributed by atoms with van der Waals surface area (Å²) in [5.41, 5.74) is 2.74. The number of fused-ring (bicyclic) bond motifs is 1. The van der Waals surface area contributed by atoms with Gasteiger partial charge >= 0.3 is 12.1 Å². The number of nitrogens with zero attached hydrogens (tertiary/aromatic N) is 1. The highest BCUT2D eigenvalue weighted by Crippen LogP contribution is 2.28. The van der Waals surface area contributed by atoms with Crippen LogP contribution in [0.5, 0.6) is 0 Å². The number of aliphatic hydroxyl groups excluding tert-OH is 3. The molecule has 4 N–H and O–H groups in total. The monoisotopic (exact) mass is 776 g/mol. The predicted octanol–water partition coefficient (Wildman–Crippen LogP) is 8.03. The first-order valence-corrected chi connectivity index (χ1v) is 18.7. The van der Waals surface area contributed by atoms with E-state index in [4.69, 9.17) is 28.4 Å². The second-order valence-corrected chi connectivity index (χ2v) is 13.7. The third-order valence-electron chi connectivity index (χ3n) is 7.71. The van der Waals surface area contributed by atoms with E-state index in [0.717, 1.165) is 18.0 Å². The van der Waals surface area contributed by atoms with Gasteiger partial charge in [-0.05, 0) is 68.0 Å². The first-order valence-electron chi connectivity index (χ1n) is 17.9. The SMILES string of the molecule is CCC(CO)OC([C@H](CO)OC(=O)c1ccccc1NC(=O)OC(C)(C)C)n1ccc2ccccc21.CO.c1ccc(COPOCc2ccccc2)cc1. The Morgan fingerprint density at radius 3 is 1.89 bits per heavy atom. The summed E-state index contributed by atoms with van der Waals surface area (Å²) in [6.45, 7) is 7.51. The fourth-order valence-electron chi connectivity index (χ4n) is 5.11. The van der Waals surface area contributed by atoms with Gasteiger partial charge in [0, 0.05) is 13.3 Å². The fourth-order valence-corrected chi connectivity index (χ4v) is 5.64. The van der Waals surface area contributed by atoms with Crippen LogP contribution in [0.15, 0.2) is 121 Å². The summed E-state index contributed by atoms with van der Waals surface area (Å²) in [5.74, 6) is -0.761. The number of benzene rings is 4. The minimum absolute atomic E-state index is 0.0833. The van der Waals surface area contributed by atoms with Gasteiger partial charge in [0.05, 0.1) is 49.3 Å². The smallest absolute Gasteiger partial charge is 0.412 e. The van der Waals surface area contributed by atoms with Gasteiger partial charge in [-0.3, -0.25) is 5.32 Å². The molecule has 0 aliphatic heterocycles. The molecule has 2 unspecified atom stereocenters. The molecule has 0 aliphatic carbocycles. The number of carbonyl (C=O) groups is 2. The maximum absolute atomic E-state index is 13.2. The molecular formula is C42H53N2O10P. The van der Waals surface area contributed by atoms with Gasteiger partial charge < -0.3 is 43.1 Å². The maximum Gasteiger partial charge on any atom is 0.412 e. The molecule has 1 amide bonds. The Morgan fingerprint density at radius 1 is 0.764 bits per heavy atom. The van der Waals surface area contributed by atoms with Crippen molar-refractivity contribution < 1.29 is 48.2 Å². The van der Waals surface area contributed by atoms with Crippen LogP contribution in [0.3, 0.4) is 0 Å². The van der Waals surface area contributed by atoms with Gasteiger partial charge in [-0.15, -0.1) is 0 Å². The number of carbonyl (C=O) groups excluding carboxylic acids is 2. The highest BCUT2D eigenvalue weighted by atomic mass is 31.1. The van der Waals surface area contributed by atoms with Crippen molar-refractivity contribution in [3.63, 3.8) is 0 Å². The number of aliphatic hydroxyl groups is 3. The first-order chi connectivity index (χ1) is 26.6. The number of ether oxygens (including phenoxy) is 3. The number of rotatable bonds is 16. The van der Waals surface area contributed by atoms with E-state index in [9.17, 15) is 19.8 Å². The van der Waals surface area contributed by atoms with E-state index in [0.29, 0.717) is 19.6 Å². The lowest BCUT2D eigenvalue weighted by molar-refractivity contribution is -0.141. The van der Waals surface area contributed by atoms with Crippen molar-refractivity contribution in [1.29, 1.82) is 0 Å². The molecule has 4 aromatic carbocycles. The lowest BCUT2D eigenvalue weighted by Crippen LogP contribution is -2.37. The van der Waals surface area contributed by atoms with Gasteiger partial charge in [0.2, 0.25) is 0 Å². The molecule has 0 spiro atoms. The molecule has 0 fully saturated rings. The number of esters is 1. The Labute approximate surface area is 324 Å². The molecule has 55 heavy (non-hydrogen) atoms. The Hall–Kier alpha value is -4.65. The summed E-state index contributed by atoms with van der Waals surface area (Å²) < 4.78 is 29.8. The number of amides is 1. The van der Waals surface area contributed by atoms with Crippen molar-refractivity contribution in [3.05, 3.63) is 138 Å². The molecule has 0 saturated heterocycles. The van der Waals surface area contributed by atoms with E-state index in [2.05, 4.69) is 5.32 Å². The third-order valence-corrected chi connectivity index (χ3v) is 8.24. The minimum atomic E-state index is -1.11. The summed E-state index contributed by atoms with van der Waals surface area (Å²) >= 11 is 0. The van der Waals surface area contributed by atoms with Crippen molar-refractivity contribution in [1.82, 2.24) is 4.57 Å². The predicted molar refractivity (Wildman–Crippen MR) is 215 cm³/mol. The van der Waals surface area contributed by atoms with Crippen LogP contribution in [0, 0.1) is 0 Å². The Kier molecular flexibility index (Phi) is 19.5. The molecule has 1 heterocycles. The Balaban J connectivity index is 0.000000355. The molecule has 5 rings (SSSR count). The van der Waals surface area contributed by atoms with Crippen LogP contribution in [-0.4, -0.2) is 70.1 Å². The lowest BCUT2D eigenvalue weighted by atomic mass is 10.1. The number of para-hydroxylation sites is 2. The van der Waals surface area contributed by atoms with Gasteiger partial charge in [-0.1, -0.05) is 97.9 Å². The van der Waals surface area contributed by atoms with Crippen molar-refractivity contribution >= 4 is 37.7 Å². The van der Waals surface area contributed by atoms with E-state index >= 15 is 0 Å². The largest absolute Gasteiger partial charge is 0.451 e. The summed E-state index contributed by atoms with van der Waals surface area (Å²) in [7, 11) is 1.08. The summed E-state index contributed by atoms with van der Waals surface area (Å²) in [6, 6.07) is 36.1. The average molecular weight is 777 g/mol. The zero-order valence-electron chi connectivity index (χ0n) is 32.0. The fraction of sp³-hybridized carbons (Fsp3) is 0.333. The van der Waals surface area contributed by atoms with Gasteiger partial charge in [0.1, 0.15) is 5.60 Å². The quantitative estimate of drug-likeness (QED) is 0.0439. The molecule has 1 aromatic heterocycles. The van der Waals surface area contributed by atoms with Crippen LogP contribution in [0.2, 0.25) is 0 Å². The highest BCUT2D eigenvalue weighted by Gasteiger charge is 2.31. The summed E-state index contributed by atoms with van der Waals surface area (Å²) in [5, 5.41) is 30.5. The molecule has 5 aromatic rings. The van der Waals surface area contributed by atoms with Crippen molar-refractivity contribution in [2.24, 2.45) is 0 Å². The maximum atomic E-state index is 13.2. The number of anilines is 1. The normalized spacial score (nSPS) is 12.6. The van der Waals surface area contributed by atoms with E-state index in [1.54, 1.807) is 49.7 Å². The van der Waals surface area contributed by atoms with E-state index in [-0.39, 0.29) is 26.9 Å². The zero-order valence-corrected chi connectivity index (χ0v) is 33.0. The number of hydrogen-bond donors (Lipinski definition) is 4. The lowest BCUT2D eigenvalue weighted by Gasteiger charge is -2.30. The molecule has 0 radical (unpaired) electrons. The molecule has 13 heteroatoms. The van der Waals surface area contributed by atoms with E-state index < -0.39 is 42.7 Å². The zero-order chi connectivity index (χ0) is 40.1. The molecular weight excluding hydrogens is 723 g/mol. The van der Waals surface area contributed by atoms with Gasteiger partial charge in [-0.2, -0.15) is 0 Å².